The third-order valence-corrected chi connectivity index (χ3v) is 4.22. The second-order valence-corrected chi connectivity index (χ2v) is 5.34. The van der Waals surface area contributed by atoms with Gasteiger partial charge < -0.3 is 0 Å². The van der Waals surface area contributed by atoms with Crippen molar-refractivity contribution in [1.29, 1.82) is 0 Å². The van der Waals surface area contributed by atoms with E-state index in [0.29, 0.717) is 0 Å². The Balaban J connectivity index is 3.25. The van der Waals surface area contributed by atoms with Crippen LogP contribution in [0.2, 0.25) is 0 Å². The average molecular weight is 175 g/mol. The lowest BCUT2D eigenvalue weighted by Gasteiger charge is -2.14. The molecule has 0 saturated heterocycles. The Hall–Kier alpha value is 0.390. The lowest BCUT2D eigenvalue weighted by atomic mass is 10.4. The summed E-state index contributed by atoms with van der Waals surface area (Å²) in [5, 5.41) is 3.44. The maximum atomic E-state index is 3.44. The summed E-state index contributed by atoms with van der Waals surface area (Å²) >= 11 is 0. The molecule has 1 N–H and O–H groups in total. The zero-order valence-electron chi connectivity index (χ0n) is 8.19. The second-order valence-electron chi connectivity index (χ2n) is 2.92. The second kappa shape index (κ2) is 8.49. The molecule has 0 saturated carbocycles. The van der Waals surface area contributed by atoms with Crippen molar-refractivity contribution >= 4 is 8.07 Å². The molecule has 0 atom stereocenters. The molecule has 0 unspecified atom stereocenters. The van der Waals surface area contributed by atoms with E-state index in [-0.39, 0.29) is 8.07 Å². The normalized spacial score (nSPS) is 10.9. The quantitative estimate of drug-likeness (QED) is 0.586. The van der Waals surface area contributed by atoms with E-state index in [9.17, 15) is 0 Å². The van der Waals surface area contributed by atoms with E-state index in [1.165, 1.54) is 38.0 Å². The van der Waals surface area contributed by atoms with Crippen LogP contribution in [0.5, 0.6) is 0 Å². The molecule has 0 radical (unpaired) electrons. The van der Waals surface area contributed by atoms with Gasteiger partial charge in [0, 0.05) is 0 Å². The van der Waals surface area contributed by atoms with Gasteiger partial charge in [-0.25, -0.2) is 0 Å². The first-order chi connectivity index (χ1) is 5.35. The molecule has 0 aliphatic heterocycles. The van der Waals surface area contributed by atoms with Crippen LogP contribution in [-0.4, -0.2) is 19.4 Å². The maximum absolute atomic E-state index is 3.44. The van der Waals surface area contributed by atoms with Crippen molar-refractivity contribution in [2.75, 3.05) is 19.4 Å². The molecule has 0 bridgehead atoms. The summed E-state index contributed by atoms with van der Waals surface area (Å²) in [7, 11) is 2.29. The van der Waals surface area contributed by atoms with Crippen LogP contribution in [0, 0.1) is 0 Å². The van der Waals surface area contributed by atoms with E-state index < -0.39 is 0 Å². The Labute approximate surface area is 72.8 Å². The van der Waals surface area contributed by atoms with Crippen molar-refractivity contribution in [3.05, 3.63) is 0 Å². The minimum Gasteiger partial charge on any atom is -0.299 e. The van der Waals surface area contributed by atoms with Crippen LogP contribution in [0.25, 0.3) is 0 Å². The molecule has 0 rings (SSSR count). The van der Waals surface area contributed by atoms with Gasteiger partial charge >= 0.3 is 0 Å². The van der Waals surface area contributed by atoms with Crippen LogP contribution in [0.15, 0.2) is 0 Å². The smallest absolute Gasteiger partial charge is 0.0125 e. The summed E-state index contributed by atoms with van der Waals surface area (Å²) in [6.45, 7) is 4.53. The van der Waals surface area contributed by atoms with Crippen LogP contribution >= 0.6 is 8.07 Å². The van der Waals surface area contributed by atoms with Gasteiger partial charge in [-0.2, -0.15) is 0 Å². The monoisotopic (exact) mass is 175 g/mol. The van der Waals surface area contributed by atoms with E-state index in [4.69, 9.17) is 0 Å². The van der Waals surface area contributed by atoms with Crippen LogP contribution in [0.3, 0.4) is 0 Å². The molecular formula is C9H22NP. The summed E-state index contributed by atoms with van der Waals surface area (Å²) in [5.41, 5.74) is 0. The van der Waals surface area contributed by atoms with Crippen LogP contribution in [0.1, 0.15) is 39.5 Å². The molecule has 0 amide bonds. The topological polar surface area (TPSA) is 12.0 Å². The Bertz CT molecular complexity index is 68.0. The third-order valence-electron chi connectivity index (χ3n) is 1.88. The number of unbranched alkanes of at least 4 members (excludes halogenated alkanes) is 2. The minimum absolute atomic E-state index is 0.180. The zero-order chi connectivity index (χ0) is 8.53. The van der Waals surface area contributed by atoms with E-state index in [2.05, 4.69) is 26.0 Å². The molecule has 0 fully saturated rings. The Morgan fingerprint density at radius 3 is 1.73 bits per heavy atom. The molecule has 1 nitrogen and oxygen atoms in total. The highest BCUT2D eigenvalue weighted by molar-refractivity contribution is 7.55. The van der Waals surface area contributed by atoms with Gasteiger partial charge in [0.05, 0.1) is 0 Å². The van der Waals surface area contributed by atoms with Crippen molar-refractivity contribution in [3.63, 3.8) is 0 Å². The zero-order valence-corrected chi connectivity index (χ0v) is 9.08. The molecule has 0 aliphatic rings. The predicted octanol–water partition coefficient (Wildman–Crippen LogP) is 3.20. The van der Waals surface area contributed by atoms with Crippen molar-refractivity contribution in [2.45, 2.75) is 39.5 Å². The summed E-state index contributed by atoms with van der Waals surface area (Å²) in [4.78, 5) is 0. The van der Waals surface area contributed by atoms with Gasteiger partial charge in [-0.05, 0) is 40.3 Å². The highest BCUT2D eigenvalue weighted by atomic mass is 31.1. The molecule has 0 aromatic heterocycles. The number of hydrogen-bond donors (Lipinski definition) is 1. The van der Waals surface area contributed by atoms with Gasteiger partial charge in [0.2, 0.25) is 0 Å². The molecule has 0 aromatic carbocycles. The molecule has 11 heavy (non-hydrogen) atoms. The van der Waals surface area contributed by atoms with Crippen LogP contribution in [-0.2, 0) is 0 Å². The fraction of sp³-hybridized carbons (Fsp3) is 1.00. The summed E-state index contributed by atoms with van der Waals surface area (Å²) in [6.07, 6.45) is 8.32. The Kier molecular flexibility index (Phi) is 8.79. The molecule has 2 heteroatoms. The fourth-order valence-corrected chi connectivity index (χ4v) is 3.10. The van der Waals surface area contributed by atoms with Crippen molar-refractivity contribution in [3.8, 4) is 0 Å². The SMILES string of the molecule is CCCCP(CCCC)NC. The molecule has 68 valence electrons. The van der Waals surface area contributed by atoms with E-state index >= 15 is 0 Å². The fourth-order valence-electron chi connectivity index (χ4n) is 1.03. The van der Waals surface area contributed by atoms with Crippen molar-refractivity contribution < 1.29 is 0 Å². The van der Waals surface area contributed by atoms with Gasteiger partial charge in [-0.1, -0.05) is 26.7 Å². The molecule has 0 aliphatic carbocycles. The maximum Gasteiger partial charge on any atom is -0.0125 e. The van der Waals surface area contributed by atoms with E-state index in [1.54, 1.807) is 0 Å². The van der Waals surface area contributed by atoms with Crippen molar-refractivity contribution in [2.24, 2.45) is 0 Å². The number of rotatable bonds is 7. The summed E-state index contributed by atoms with van der Waals surface area (Å²) < 4.78 is 0. The average Bonchev–Trinajstić information content (AvgIpc) is 2.05. The molecule has 0 spiro atoms. The standard InChI is InChI=1S/C9H22NP/c1-4-6-8-11(10-3)9-7-5-2/h10H,4-9H2,1-3H3. The largest absolute Gasteiger partial charge is 0.299 e. The van der Waals surface area contributed by atoms with Crippen LogP contribution in [0.4, 0.5) is 0 Å². The minimum atomic E-state index is 0.180. The Morgan fingerprint density at radius 1 is 1.00 bits per heavy atom. The van der Waals surface area contributed by atoms with Crippen molar-refractivity contribution in [1.82, 2.24) is 5.09 Å². The molecular weight excluding hydrogens is 153 g/mol. The van der Waals surface area contributed by atoms with E-state index in [0.717, 1.165) is 0 Å². The van der Waals surface area contributed by atoms with Gasteiger partial charge in [0.25, 0.3) is 0 Å². The first-order valence-corrected chi connectivity index (χ1v) is 6.48. The third kappa shape index (κ3) is 6.77. The lowest BCUT2D eigenvalue weighted by Crippen LogP contribution is -2.04. The first kappa shape index (κ1) is 11.4. The number of nitrogens with one attached hydrogen (secondary N) is 1. The summed E-state index contributed by atoms with van der Waals surface area (Å²) in [6, 6.07) is 0. The molecule has 0 aromatic rings. The highest BCUT2D eigenvalue weighted by Gasteiger charge is 2.02. The lowest BCUT2D eigenvalue weighted by molar-refractivity contribution is 0.860. The molecule has 0 heterocycles. The van der Waals surface area contributed by atoms with Gasteiger partial charge in [0.1, 0.15) is 0 Å². The predicted molar refractivity (Wildman–Crippen MR) is 55.5 cm³/mol. The summed E-state index contributed by atoms with van der Waals surface area (Å²) in [5.74, 6) is 0. The van der Waals surface area contributed by atoms with Crippen LogP contribution < -0.4 is 5.09 Å². The Morgan fingerprint density at radius 2 is 1.45 bits per heavy atom. The van der Waals surface area contributed by atoms with E-state index in [1.807, 2.05) is 0 Å². The van der Waals surface area contributed by atoms with Gasteiger partial charge in [0.15, 0.2) is 0 Å². The number of hydrogen-bond acceptors (Lipinski definition) is 1. The first-order valence-electron chi connectivity index (χ1n) is 4.77. The van der Waals surface area contributed by atoms with Gasteiger partial charge in [-0.3, -0.25) is 5.09 Å². The highest BCUT2D eigenvalue weighted by Crippen LogP contribution is 2.31. The van der Waals surface area contributed by atoms with Gasteiger partial charge in [-0.15, -0.1) is 0 Å².